The maximum atomic E-state index is 14.2. The number of anilines is 1. The topological polar surface area (TPSA) is 97.8 Å². The molecule has 0 bridgehead atoms. The number of nitrogens with zero attached hydrogens (tertiary/aromatic N) is 5. The molecule has 9 heteroatoms. The molecule has 1 aromatic carbocycles. The summed E-state index contributed by atoms with van der Waals surface area (Å²) in [5.41, 5.74) is 12.7. The standard InChI is InChI=1S/C17H19ClFN7/c18-11-9-22-25(10-11)13-5-4-12(19)8-14(13)26-16(21)23-15(20)24-17(26)6-2-1-3-7-17/h4-5,8-10H,1-3,6-7H2,(H4,20,21,23,24). The lowest BCUT2D eigenvalue weighted by atomic mass is 9.87. The Bertz CT molecular complexity index is 898. The summed E-state index contributed by atoms with van der Waals surface area (Å²) in [6.45, 7) is 0. The third-order valence-corrected chi connectivity index (χ3v) is 5.02. The molecular weight excluding hydrogens is 357 g/mol. The summed E-state index contributed by atoms with van der Waals surface area (Å²) in [6, 6.07) is 4.43. The molecule has 0 atom stereocenters. The minimum absolute atomic E-state index is 0.153. The van der Waals surface area contributed by atoms with Crippen LogP contribution in [0.4, 0.5) is 10.1 Å². The van der Waals surface area contributed by atoms with Gasteiger partial charge in [-0.1, -0.05) is 18.0 Å². The summed E-state index contributed by atoms with van der Waals surface area (Å²) in [5, 5.41) is 4.72. The Balaban J connectivity index is 1.90. The number of aliphatic imine (C=N–C) groups is 2. The maximum absolute atomic E-state index is 14.2. The molecule has 136 valence electrons. The van der Waals surface area contributed by atoms with Crippen molar-refractivity contribution in [3.05, 3.63) is 41.4 Å². The summed E-state index contributed by atoms with van der Waals surface area (Å²) in [7, 11) is 0. The lowest BCUT2D eigenvalue weighted by Gasteiger charge is -2.46. The predicted octanol–water partition coefficient (Wildman–Crippen LogP) is 2.77. The molecule has 1 spiro atoms. The van der Waals surface area contributed by atoms with E-state index < -0.39 is 5.66 Å². The summed E-state index contributed by atoms with van der Waals surface area (Å²) >= 11 is 6.01. The van der Waals surface area contributed by atoms with Gasteiger partial charge in [-0.2, -0.15) is 10.1 Å². The van der Waals surface area contributed by atoms with Crippen LogP contribution in [0.25, 0.3) is 5.69 Å². The van der Waals surface area contributed by atoms with E-state index in [-0.39, 0.29) is 17.7 Å². The summed E-state index contributed by atoms with van der Waals surface area (Å²) in [4.78, 5) is 10.5. The second-order valence-corrected chi connectivity index (χ2v) is 6.99. The molecule has 0 unspecified atom stereocenters. The monoisotopic (exact) mass is 375 g/mol. The van der Waals surface area contributed by atoms with Crippen molar-refractivity contribution in [3.63, 3.8) is 0 Å². The van der Waals surface area contributed by atoms with E-state index in [1.165, 1.54) is 18.3 Å². The summed E-state index contributed by atoms with van der Waals surface area (Å²) in [6.07, 6.45) is 7.79. The van der Waals surface area contributed by atoms with Crippen LogP contribution in [-0.4, -0.2) is 27.4 Å². The number of nitrogens with two attached hydrogens (primary N) is 2. The van der Waals surface area contributed by atoms with Gasteiger partial charge < -0.3 is 11.5 Å². The first-order chi connectivity index (χ1) is 12.5. The van der Waals surface area contributed by atoms with Crippen molar-refractivity contribution in [3.8, 4) is 5.69 Å². The number of rotatable bonds is 2. The molecule has 7 nitrogen and oxygen atoms in total. The zero-order valence-electron chi connectivity index (χ0n) is 14.1. The zero-order chi connectivity index (χ0) is 18.3. The molecule has 26 heavy (non-hydrogen) atoms. The van der Waals surface area contributed by atoms with Gasteiger partial charge in [-0.3, -0.25) is 4.90 Å². The van der Waals surface area contributed by atoms with E-state index in [4.69, 9.17) is 23.1 Å². The van der Waals surface area contributed by atoms with Gasteiger partial charge in [0, 0.05) is 6.20 Å². The lowest BCUT2D eigenvalue weighted by molar-refractivity contribution is 0.305. The van der Waals surface area contributed by atoms with Crippen molar-refractivity contribution in [2.75, 3.05) is 4.90 Å². The molecule has 1 aliphatic heterocycles. The van der Waals surface area contributed by atoms with E-state index in [0.29, 0.717) is 16.4 Å². The number of benzene rings is 1. The molecule has 2 heterocycles. The van der Waals surface area contributed by atoms with Gasteiger partial charge in [-0.15, -0.1) is 0 Å². The van der Waals surface area contributed by atoms with E-state index >= 15 is 0 Å². The summed E-state index contributed by atoms with van der Waals surface area (Å²) < 4.78 is 15.7. The molecule has 2 aliphatic rings. The molecule has 0 saturated heterocycles. The van der Waals surface area contributed by atoms with E-state index in [2.05, 4.69) is 15.1 Å². The van der Waals surface area contributed by atoms with Gasteiger partial charge in [0.2, 0.25) is 11.9 Å². The Hall–Kier alpha value is -2.61. The lowest BCUT2D eigenvalue weighted by Crippen LogP contribution is -2.58. The van der Waals surface area contributed by atoms with Gasteiger partial charge in [0.25, 0.3) is 0 Å². The van der Waals surface area contributed by atoms with E-state index in [1.807, 2.05) is 0 Å². The van der Waals surface area contributed by atoms with Crippen molar-refractivity contribution in [2.45, 2.75) is 37.8 Å². The molecule has 0 amide bonds. The highest BCUT2D eigenvalue weighted by atomic mass is 35.5. The minimum Gasteiger partial charge on any atom is -0.369 e. The van der Waals surface area contributed by atoms with Crippen LogP contribution < -0.4 is 16.4 Å². The first-order valence-electron chi connectivity index (χ1n) is 8.48. The molecule has 4 N–H and O–H groups in total. The third kappa shape index (κ3) is 2.80. The largest absolute Gasteiger partial charge is 0.369 e. The Morgan fingerprint density at radius 2 is 1.88 bits per heavy atom. The van der Waals surface area contributed by atoms with Crippen LogP contribution in [-0.2, 0) is 0 Å². The van der Waals surface area contributed by atoms with Crippen LogP contribution >= 0.6 is 11.6 Å². The fourth-order valence-corrected chi connectivity index (χ4v) is 3.91. The average Bonchev–Trinajstić information content (AvgIpc) is 3.01. The van der Waals surface area contributed by atoms with Gasteiger partial charge in [0.15, 0.2) is 0 Å². The number of hydrogen-bond acceptors (Lipinski definition) is 6. The first-order valence-corrected chi connectivity index (χ1v) is 8.86. The molecule has 1 saturated carbocycles. The summed E-state index contributed by atoms with van der Waals surface area (Å²) in [5.74, 6) is -0.0338. The van der Waals surface area contributed by atoms with Crippen molar-refractivity contribution < 1.29 is 4.39 Å². The number of halogens is 2. The van der Waals surface area contributed by atoms with Crippen LogP contribution in [0.2, 0.25) is 5.02 Å². The molecule has 0 radical (unpaired) electrons. The number of guanidine groups is 2. The average molecular weight is 376 g/mol. The van der Waals surface area contributed by atoms with Gasteiger partial charge >= 0.3 is 0 Å². The van der Waals surface area contributed by atoms with Gasteiger partial charge in [0.05, 0.1) is 22.6 Å². The third-order valence-electron chi connectivity index (χ3n) is 4.83. The number of hydrogen-bond donors (Lipinski definition) is 2. The molecule has 2 aromatic rings. The van der Waals surface area contributed by atoms with Crippen molar-refractivity contribution >= 4 is 29.2 Å². The highest BCUT2D eigenvalue weighted by Gasteiger charge is 2.43. The highest BCUT2D eigenvalue weighted by Crippen LogP contribution is 2.41. The fourth-order valence-electron chi connectivity index (χ4n) is 3.77. The van der Waals surface area contributed by atoms with Gasteiger partial charge in [-0.25, -0.2) is 14.1 Å². The van der Waals surface area contributed by atoms with Crippen molar-refractivity contribution in [2.24, 2.45) is 21.5 Å². The van der Waals surface area contributed by atoms with E-state index in [9.17, 15) is 4.39 Å². The quantitative estimate of drug-likeness (QED) is 0.843. The van der Waals surface area contributed by atoms with Crippen molar-refractivity contribution in [1.29, 1.82) is 0 Å². The van der Waals surface area contributed by atoms with Crippen LogP contribution in [0.3, 0.4) is 0 Å². The maximum Gasteiger partial charge on any atom is 0.220 e. The second-order valence-electron chi connectivity index (χ2n) is 6.55. The molecular formula is C17H19ClFN7. The zero-order valence-corrected chi connectivity index (χ0v) is 14.8. The van der Waals surface area contributed by atoms with Crippen LogP contribution in [0, 0.1) is 5.82 Å². The Morgan fingerprint density at radius 1 is 1.12 bits per heavy atom. The van der Waals surface area contributed by atoms with Crippen LogP contribution in [0.15, 0.2) is 40.6 Å². The first kappa shape index (κ1) is 16.8. The predicted molar refractivity (Wildman–Crippen MR) is 100 cm³/mol. The number of aromatic nitrogens is 2. The van der Waals surface area contributed by atoms with E-state index in [1.54, 1.807) is 21.8 Å². The molecule has 1 aliphatic carbocycles. The molecule has 4 rings (SSSR count). The van der Waals surface area contributed by atoms with Crippen LogP contribution in [0.1, 0.15) is 32.1 Å². The Labute approximate surface area is 155 Å². The molecule has 1 fully saturated rings. The highest BCUT2D eigenvalue weighted by molar-refractivity contribution is 6.30. The van der Waals surface area contributed by atoms with Gasteiger partial charge in [-0.05, 0) is 43.9 Å². The van der Waals surface area contributed by atoms with E-state index in [0.717, 1.165) is 32.1 Å². The van der Waals surface area contributed by atoms with Gasteiger partial charge in [0.1, 0.15) is 11.5 Å². The Kier molecular flexibility index (Phi) is 4.07. The molecule has 1 aromatic heterocycles. The smallest absolute Gasteiger partial charge is 0.220 e. The Morgan fingerprint density at radius 3 is 2.58 bits per heavy atom. The normalized spacial score (nSPS) is 19.4. The fraction of sp³-hybridized carbons (Fsp3) is 0.353. The minimum atomic E-state index is -0.659. The van der Waals surface area contributed by atoms with Crippen molar-refractivity contribution in [1.82, 2.24) is 9.78 Å². The van der Waals surface area contributed by atoms with Crippen LogP contribution in [0.5, 0.6) is 0 Å². The second kappa shape index (κ2) is 6.28. The SMILES string of the molecule is NC1=NC2(CCCCC2)N(c2cc(F)ccc2-n2cc(Cl)cn2)C(N)=N1.